The average Bonchev–Trinajstić information content (AvgIpc) is 3.40. The Kier molecular flexibility index (Phi) is 5.15. The van der Waals surface area contributed by atoms with Gasteiger partial charge in [0.1, 0.15) is 5.69 Å². The number of pyridine rings is 2. The van der Waals surface area contributed by atoms with E-state index < -0.39 is 0 Å². The third kappa shape index (κ3) is 3.91. The van der Waals surface area contributed by atoms with Crippen LogP contribution in [0, 0.1) is 6.92 Å². The summed E-state index contributed by atoms with van der Waals surface area (Å²) < 4.78 is 1.89. The lowest BCUT2D eigenvalue weighted by atomic mass is 10.1. The van der Waals surface area contributed by atoms with Gasteiger partial charge in [-0.25, -0.2) is 4.52 Å². The average molecular weight is 399 g/mol. The van der Waals surface area contributed by atoms with E-state index in [2.05, 4.69) is 74.9 Å². The molecule has 0 radical (unpaired) electrons. The summed E-state index contributed by atoms with van der Waals surface area (Å²) >= 11 is 0. The molecule has 5 rings (SSSR count). The predicted molar refractivity (Wildman–Crippen MR) is 118 cm³/mol. The topological polar surface area (TPSA) is 58.4 Å². The molecule has 1 aliphatic heterocycles. The van der Waals surface area contributed by atoms with Gasteiger partial charge in [-0.15, -0.1) is 5.10 Å². The highest BCUT2D eigenvalue weighted by atomic mass is 15.4. The van der Waals surface area contributed by atoms with Crippen LogP contribution in [0.25, 0.3) is 5.52 Å². The van der Waals surface area contributed by atoms with Crippen molar-refractivity contribution in [3.05, 3.63) is 89.5 Å². The van der Waals surface area contributed by atoms with Gasteiger partial charge in [-0.2, -0.15) is 0 Å². The highest BCUT2D eigenvalue weighted by molar-refractivity contribution is 5.57. The molecule has 0 amide bonds. The number of nitrogens with zero attached hydrogens (tertiary/aromatic N) is 5. The summed E-state index contributed by atoms with van der Waals surface area (Å²) in [6.07, 6.45) is 8.00. The standard InChI is InChI=1S/C24H26N6/c1-18-6-8-19(9-7-18)16-29-13-3-5-22(29)24-23-11-10-21(17-30(23)28-27-24)26-15-20-4-2-12-25-14-20/h2,4,6-12,14,17,22,26H,3,5,13,15-16H2,1H3. The van der Waals surface area contributed by atoms with Crippen LogP contribution >= 0.6 is 0 Å². The van der Waals surface area contributed by atoms with Gasteiger partial charge < -0.3 is 5.32 Å². The van der Waals surface area contributed by atoms with Gasteiger partial charge in [0.05, 0.1) is 23.4 Å². The number of hydrogen-bond donors (Lipinski definition) is 1. The quantitative estimate of drug-likeness (QED) is 0.522. The van der Waals surface area contributed by atoms with E-state index in [1.54, 1.807) is 6.20 Å². The lowest BCUT2D eigenvalue weighted by molar-refractivity contribution is 0.245. The number of aromatic nitrogens is 4. The first-order valence-electron chi connectivity index (χ1n) is 10.5. The molecule has 0 aliphatic carbocycles. The molecule has 0 spiro atoms. The zero-order valence-corrected chi connectivity index (χ0v) is 17.2. The monoisotopic (exact) mass is 398 g/mol. The van der Waals surface area contributed by atoms with Gasteiger partial charge in [0.2, 0.25) is 0 Å². The molecule has 1 fully saturated rings. The third-order valence-corrected chi connectivity index (χ3v) is 5.85. The molecule has 4 heterocycles. The van der Waals surface area contributed by atoms with Gasteiger partial charge in [-0.3, -0.25) is 9.88 Å². The Morgan fingerprint density at radius 3 is 2.80 bits per heavy atom. The van der Waals surface area contributed by atoms with Crippen LogP contribution in [0.1, 0.15) is 41.3 Å². The lowest BCUT2D eigenvalue weighted by Gasteiger charge is -2.23. The molecule has 6 heteroatoms. The van der Waals surface area contributed by atoms with E-state index in [-0.39, 0.29) is 0 Å². The first-order valence-corrected chi connectivity index (χ1v) is 10.5. The van der Waals surface area contributed by atoms with E-state index in [0.717, 1.165) is 48.5 Å². The van der Waals surface area contributed by atoms with Crippen LogP contribution in [0.2, 0.25) is 0 Å². The first-order chi connectivity index (χ1) is 14.8. The van der Waals surface area contributed by atoms with Crippen molar-refractivity contribution in [2.45, 2.75) is 38.9 Å². The summed E-state index contributed by atoms with van der Waals surface area (Å²) in [5.41, 5.74) is 6.99. The maximum absolute atomic E-state index is 4.58. The van der Waals surface area contributed by atoms with E-state index in [9.17, 15) is 0 Å². The number of anilines is 1. The number of fused-ring (bicyclic) bond motifs is 1. The highest BCUT2D eigenvalue weighted by Gasteiger charge is 2.29. The number of aryl methyl sites for hydroxylation is 1. The zero-order valence-electron chi connectivity index (χ0n) is 17.2. The molecule has 3 aromatic heterocycles. The Morgan fingerprint density at radius 2 is 1.97 bits per heavy atom. The van der Waals surface area contributed by atoms with Crippen molar-refractivity contribution in [3.8, 4) is 0 Å². The molecule has 1 N–H and O–H groups in total. The van der Waals surface area contributed by atoms with Crippen molar-refractivity contribution in [2.75, 3.05) is 11.9 Å². The smallest absolute Gasteiger partial charge is 0.108 e. The largest absolute Gasteiger partial charge is 0.380 e. The molecule has 1 aromatic carbocycles. The molecular formula is C24H26N6. The zero-order chi connectivity index (χ0) is 20.3. The molecule has 4 aromatic rings. The van der Waals surface area contributed by atoms with E-state index in [0.29, 0.717) is 6.04 Å². The maximum Gasteiger partial charge on any atom is 0.108 e. The van der Waals surface area contributed by atoms with Crippen molar-refractivity contribution in [1.29, 1.82) is 0 Å². The van der Waals surface area contributed by atoms with Crippen LogP contribution in [-0.2, 0) is 13.1 Å². The molecule has 1 unspecified atom stereocenters. The Morgan fingerprint density at radius 1 is 1.07 bits per heavy atom. The van der Waals surface area contributed by atoms with Crippen LogP contribution in [-0.4, -0.2) is 31.3 Å². The lowest BCUT2D eigenvalue weighted by Crippen LogP contribution is -2.23. The first kappa shape index (κ1) is 18.8. The fraction of sp³-hybridized carbons (Fsp3) is 0.292. The number of likely N-dealkylation sites (tertiary alicyclic amines) is 1. The molecule has 0 saturated carbocycles. The number of rotatable bonds is 6. The van der Waals surface area contributed by atoms with Crippen LogP contribution in [0.4, 0.5) is 5.69 Å². The minimum atomic E-state index is 0.318. The summed E-state index contributed by atoms with van der Waals surface area (Å²) in [5, 5.41) is 12.4. The van der Waals surface area contributed by atoms with E-state index >= 15 is 0 Å². The van der Waals surface area contributed by atoms with Gasteiger partial charge >= 0.3 is 0 Å². The normalized spacial score (nSPS) is 16.9. The van der Waals surface area contributed by atoms with Crippen molar-refractivity contribution in [3.63, 3.8) is 0 Å². The fourth-order valence-corrected chi connectivity index (χ4v) is 4.22. The number of hydrogen-bond acceptors (Lipinski definition) is 5. The van der Waals surface area contributed by atoms with Crippen LogP contribution in [0.15, 0.2) is 67.1 Å². The Labute approximate surface area is 176 Å². The van der Waals surface area contributed by atoms with Gasteiger partial charge in [-0.1, -0.05) is 41.1 Å². The van der Waals surface area contributed by atoms with Gasteiger partial charge in [0, 0.05) is 25.5 Å². The SMILES string of the molecule is Cc1ccc(CN2CCCC2c2nnn3cc(NCc4cccnc4)ccc23)cc1. The minimum absolute atomic E-state index is 0.318. The third-order valence-electron chi connectivity index (χ3n) is 5.85. The second-order valence-corrected chi connectivity index (χ2v) is 8.05. The molecule has 6 nitrogen and oxygen atoms in total. The fourth-order valence-electron chi connectivity index (χ4n) is 4.22. The molecule has 1 saturated heterocycles. The second kappa shape index (κ2) is 8.24. The summed E-state index contributed by atoms with van der Waals surface area (Å²) in [5.74, 6) is 0. The Bertz CT molecular complexity index is 1120. The molecule has 0 bridgehead atoms. The summed E-state index contributed by atoms with van der Waals surface area (Å²) in [6, 6.07) is 17.4. The van der Waals surface area contributed by atoms with Crippen LogP contribution in [0.3, 0.4) is 0 Å². The predicted octanol–water partition coefficient (Wildman–Crippen LogP) is 4.38. The van der Waals surface area contributed by atoms with Crippen molar-refractivity contribution >= 4 is 11.2 Å². The molecule has 30 heavy (non-hydrogen) atoms. The second-order valence-electron chi connectivity index (χ2n) is 8.05. The summed E-state index contributed by atoms with van der Waals surface area (Å²) in [7, 11) is 0. The van der Waals surface area contributed by atoms with Gasteiger partial charge in [0.15, 0.2) is 0 Å². The van der Waals surface area contributed by atoms with Crippen molar-refractivity contribution < 1.29 is 0 Å². The van der Waals surface area contributed by atoms with E-state index in [1.807, 2.05) is 23.0 Å². The minimum Gasteiger partial charge on any atom is -0.380 e. The molecule has 152 valence electrons. The Hall–Kier alpha value is -3.25. The Balaban J connectivity index is 1.33. The summed E-state index contributed by atoms with van der Waals surface area (Å²) in [6.45, 7) is 4.91. The van der Waals surface area contributed by atoms with Crippen LogP contribution in [0.5, 0.6) is 0 Å². The molecule has 1 atom stereocenters. The van der Waals surface area contributed by atoms with Crippen LogP contribution < -0.4 is 5.32 Å². The van der Waals surface area contributed by atoms with E-state index in [1.165, 1.54) is 17.5 Å². The number of benzene rings is 1. The van der Waals surface area contributed by atoms with Crippen molar-refractivity contribution in [1.82, 2.24) is 24.7 Å². The highest BCUT2D eigenvalue weighted by Crippen LogP contribution is 2.34. The van der Waals surface area contributed by atoms with E-state index in [4.69, 9.17) is 0 Å². The number of nitrogens with one attached hydrogen (secondary N) is 1. The van der Waals surface area contributed by atoms with Gasteiger partial charge in [0.25, 0.3) is 0 Å². The maximum atomic E-state index is 4.58. The molecular weight excluding hydrogens is 372 g/mol. The van der Waals surface area contributed by atoms with Crippen molar-refractivity contribution in [2.24, 2.45) is 0 Å². The summed E-state index contributed by atoms with van der Waals surface area (Å²) in [4.78, 5) is 6.69. The molecule has 1 aliphatic rings. The van der Waals surface area contributed by atoms with Gasteiger partial charge in [-0.05, 0) is 55.6 Å².